The molecule has 0 N–H and O–H groups in total. The van der Waals surface area contributed by atoms with Crippen LogP contribution in [-0.4, -0.2) is 11.3 Å². The minimum absolute atomic E-state index is 0.0421. The third-order valence-corrected chi connectivity index (χ3v) is 15.6. The molecule has 0 unspecified atom stereocenters. The van der Waals surface area contributed by atoms with Crippen molar-refractivity contribution in [2.45, 2.75) is 26.2 Å². The van der Waals surface area contributed by atoms with Crippen molar-refractivity contribution < 1.29 is 0 Å². The molecule has 3 nitrogen and oxygen atoms in total. The van der Waals surface area contributed by atoms with Gasteiger partial charge in [0.25, 0.3) is 0 Å². The van der Waals surface area contributed by atoms with Crippen molar-refractivity contribution in [1.82, 2.24) is 4.48 Å². The van der Waals surface area contributed by atoms with Crippen molar-refractivity contribution in [1.29, 1.82) is 0 Å². The molecule has 0 saturated carbocycles. The summed E-state index contributed by atoms with van der Waals surface area (Å²) in [6, 6.07) is 79.5. The van der Waals surface area contributed by atoms with E-state index in [0.717, 1.165) is 17.1 Å². The van der Waals surface area contributed by atoms with Gasteiger partial charge in [0.1, 0.15) is 0 Å². The number of thiophene rings is 1. The molecule has 0 radical (unpaired) electrons. The summed E-state index contributed by atoms with van der Waals surface area (Å²) >= 11 is 1.93. The summed E-state index contributed by atoms with van der Waals surface area (Å²) in [6.07, 6.45) is 0. The maximum atomic E-state index is 2.72. The van der Waals surface area contributed by atoms with Crippen molar-refractivity contribution in [2.24, 2.45) is 0 Å². The molecule has 14 rings (SSSR count). The zero-order valence-electron chi connectivity index (χ0n) is 37.5. The maximum Gasteiger partial charge on any atom is 0.333 e. The third kappa shape index (κ3) is 5.65. The van der Waals surface area contributed by atoms with Crippen LogP contribution in [0.3, 0.4) is 0 Å². The molecule has 2 aliphatic heterocycles. The lowest BCUT2D eigenvalue weighted by Crippen LogP contribution is -2.56. The predicted octanol–water partition coefficient (Wildman–Crippen LogP) is 16.2. The molecule has 2 aliphatic rings. The fourth-order valence-electron chi connectivity index (χ4n) is 11.4. The second-order valence-electron chi connectivity index (χ2n) is 19.3. The van der Waals surface area contributed by atoms with Gasteiger partial charge < -0.3 is 14.3 Å². The van der Waals surface area contributed by atoms with Crippen LogP contribution in [0.15, 0.2) is 212 Å². The van der Waals surface area contributed by atoms with Crippen LogP contribution >= 0.6 is 11.3 Å². The van der Waals surface area contributed by atoms with Gasteiger partial charge in [-0.3, -0.25) is 0 Å². The normalized spacial score (nSPS) is 12.9. The van der Waals surface area contributed by atoms with E-state index in [9.17, 15) is 0 Å². The van der Waals surface area contributed by atoms with Crippen LogP contribution in [0.25, 0.3) is 75.0 Å². The summed E-state index contributed by atoms with van der Waals surface area (Å²) in [5.74, 6) is 0. The third-order valence-electron chi connectivity index (χ3n) is 14.4. The molecule has 2 aromatic heterocycles. The molecule has 0 bridgehead atoms. The van der Waals surface area contributed by atoms with Gasteiger partial charge in [0.15, 0.2) is 0 Å². The predicted molar refractivity (Wildman–Crippen MR) is 289 cm³/mol. The van der Waals surface area contributed by atoms with Gasteiger partial charge in [0.05, 0.1) is 16.1 Å². The van der Waals surface area contributed by atoms with Gasteiger partial charge in [-0.25, -0.2) is 0 Å². The quantitative estimate of drug-likeness (QED) is 0.160. The Kier molecular flexibility index (Phi) is 8.21. The zero-order valence-corrected chi connectivity index (χ0v) is 38.4. The van der Waals surface area contributed by atoms with Crippen molar-refractivity contribution in [3.05, 3.63) is 218 Å². The van der Waals surface area contributed by atoms with Gasteiger partial charge in [0, 0.05) is 71.2 Å². The van der Waals surface area contributed by atoms with Crippen LogP contribution in [0.2, 0.25) is 0 Å². The lowest BCUT2D eigenvalue weighted by molar-refractivity contribution is 0.590. The first kappa shape index (κ1) is 38.4. The average molecular weight is 874 g/mol. The molecule has 0 aliphatic carbocycles. The summed E-state index contributed by atoms with van der Waals surface area (Å²) in [4.78, 5) is 5.07. The maximum absolute atomic E-state index is 2.72. The van der Waals surface area contributed by atoms with Crippen molar-refractivity contribution in [3.8, 4) is 22.3 Å². The number of anilines is 6. The average Bonchev–Trinajstić information content (AvgIpc) is 3.90. The molecule has 67 heavy (non-hydrogen) atoms. The number of benzene rings is 10. The van der Waals surface area contributed by atoms with Crippen LogP contribution in [0.4, 0.5) is 34.1 Å². The molecular formula is C62H44BN3S. The zero-order chi connectivity index (χ0) is 44.5. The fourth-order valence-corrected chi connectivity index (χ4v) is 12.6. The van der Waals surface area contributed by atoms with E-state index in [1.807, 2.05) is 11.3 Å². The van der Waals surface area contributed by atoms with Crippen LogP contribution in [0.1, 0.15) is 26.3 Å². The number of nitrogens with zero attached hydrogens (tertiary/aromatic N) is 3. The molecule has 5 heteroatoms. The SMILES string of the molecule is CC(C)(C)c1ccc(N2c3ccc(N(c4ccccc4)c4ccccc4)cc3B3c4c(cc5c(sc6ccccc65)c42)-c2cccc4c5cc6ccccc6cc5n3c24)c(-c2ccccc2)c1. The van der Waals surface area contributed by atoms with E-state index in [-0.39, 0.29) is 12.3 Å². The van der Waals surface area contributed by atoms with Gasteiger partial charge in [-0.15, -0.1) is 11.3 Å². The van der Waals surface area contributed by atoms with Gasteiger partial charge in [-0.1, -0.05) is 154 Å². The van der Waals surface area contributed by atoms with E-state index in [4.69, 9.17) is 0 Å². The number of hydrogen-bond donors (Lipinski definition) is 0. The van der Waals surface area contributed by atoms with E-state index in [1.54, 1.807) is 0 Å². The molecule has 10 aromatic carbocycles. The van der Waals surface area contributed by atoms with E-state index in [0.29, 0.717) is 0 Å². The first-order chi connectivity index (χ1) is 32.9. The summed E-state index contributed by atoms with van der Waals surface area (Å²) < 4.78 is 5.33. The summed E-state index contributed by atoms with van der Waals surface area (Å²) in [5.41, 5.74) is 18.4. The summed E-state index contributed by atoms with van der Waals surface area (Å²) in [5, 5.41) is 7.69. The Morgan fingerprint density at radius 2 is 1.13 bits per heavy atom. The largest absolute Gasteiger partial charge is 0.375 e. The number of para-hydroxylation sites is 3. The minimum Gasteiger partial charge on any atom is -0.375 e. The van der Waals surface area contributed by atoms with Crippen LogP contribution in [0.5, 0.6) is 0 Å². The molecule has 0 atom stereocenters. The molecule has 0 amide bonds. The lowest BCUT2D eigenvalue weighted by atomic mass is 9.45. The summed E-state index contributed by atoms with van der Waals surface area (Å²) in [7, 11) is 0. The Morgan fingerprint density at radius 1 is 0.478 bits per heavy atom. The number of rotatable bonds is 5. The van der Waals surface area contributed by atoms with Crippen molar-refractivity contribution >= 4 is 116 Å². The first-order valence-electron chi connectivity index (χ1n) is 23.4. The number of aromatic nitrogens is 1. The van der Waals surface area contributed by atoms with E-state index in [1.165, 1.54) is 109 Å². The monoisotopic (exact) mass is 873 g/mol. The Bertz CT molecular complexity index is 3940. The number of hydrogen-bond acceptors (Lipinski definition) is 3. The molecule has 0 fully saturated rings. The van der Waals surface area contributed by atoms with Crippen LogP contribution in [0, 0.1) is 0 Å². The minimum atomic E-state index is -0.135. The van der Waals surface area contributed by atoms with Crippen LogP contribution < -0.4 is 20.7 Å². The second kappa shape index (κ2) is 14.3. The van der Waals surface area contributed by atoms with Gasteiger partial charge in [-0.2, -0.15) is 0 Å². The standard InChI is InChI=1S/C62H44BN3S/c1-62(2,3)42-30-32-54(49(36-42)39-18-7-4-8-19-39)65-55-33-31-45(64(43-22-9-5-10-23-43)44-24-11-6-12-25-44)37-53(55)63-58-51(38-52-46-26-15-16-29-57(46)67-61(52)60(58)65)48-28-17-27-47-50-34-40-20-13-14-21-41(40)35-56(50)66(63)59(47)48/h4-38H,1-3H3. The fraction of sp³-hybridized carbons (Fsp3) is 0.0645. The highest BCUT2D eigenvalue weighted by molar-refractivity contribution is 7.26. The molecule has 0 saturated heterocycles. The number of fused-ring (bicyclic) bond motifs is 12. The van der Waals surface area contributed by atoms with Crippen LogP contribution in [-0.2, 0) is 5.41 Å². The highest BCUT2D eigenvalue weighted by atomic mass is 32.1. The summed E-state index contributed by atoms with van der Waals surface area (Å²) in [6.45, 7) is 6.83. The Morgan fingerprint density at radius 3 is 1.88 bits per heavy atom. The molecule has 12 aromatic rings. The molecule has 316 valence electrons. The van der Waals surface area contributed by atoms with Gasteiger partial charge >= 0.3 is 6.85 Å². The van der Waals surface area contributed by atoms with Crippen molar-refractivity contribution in [2.75, 3.05) is 9.80 Å². The first-order valence-corrected chi connectivity index (χ1v) is 24.2. The Balaban J connectivity index is 1.17. The molecule has 4 heterocycles. The van der Waals surface area contributed by atoms with E-state index >= 15 is 0 Å². The Hall–Kier alpha value is -7.86. The van der Waals surface area contributed by atoms with E-state index < -0.39 is 0 Å². The van der Waals surface area contributed by atoms with Gasteiger partial charge in [0.2, 0.25) is 0 Å². The van der Waals surface area contributed by atoms with Crippen molar-refractivity contribution in [3.63, 3.8) is 0 Å². The Labute approximate surface area is 394 Å². The second-order valence-corrected chi connectivity index (χ2v) is 20.3. The molecular weight excluding hydrogens is 830 g/mol. The smallest absolute Gasteiger partial charge is 0.333 e. The molecule has 0 spiro atoms. The highest BCUT2D eigenvalue weighted by Crippen LogP contribution is 2.53. The lowest BCUT2D eigenvalue weighted by Gasteiger charge is -2.42. The highest BCUT2D eigenvalue weighted by Gasteiger charge is 2.45. The topological polar surface area (TPSA) is 11.4 Å². The van der Waals surface area contributed by atoms with Gasteiger partial charge in [-0.05, 0) is 123 Å². The van der Waals surface area contributed by atoms with E-state index in [2.05, 4.69) is 247 Å².